The van der Waals surface area contributed by atoms with Gasteiger partial charge in [0.05, 0.1) is 0 Å². The van der Waals surface area contributed by atoms with Gasteiger partial charge in [0.1, 0.15) is 5.69 Å². The van der Waals surface area contributed by atoms with E-state index >= 15 is 0 Å². The van der Waals surface area contributed by atoms with Crippen LogP contribution in [0.4, 0.5) is 0 Å². The molecule has 3 nitrogen and oxygen atoms in total. The Morgan fingerprint density at radius 2 is 2.00 bits per heavy atom. The Balaban J connectivity index is 1.66. The van der Waals surface area contributed by atoms with E-state index in [2.05, 4.69) is 20.7 Å². The SMILES string of the molecule is c1ccc(-c2nccn2C2CC3(CC3)C2)nc1. The molecule has 0 N–H and O–H groups in total. The van der Waals surface area contributed by atoms with Gasteiger partial charge in [0.25, 0.3) is 0 Å². The van der Waals surface area contributed by atoms with Crippen molar-refractivity contribution in [3.63, 3.8) is 0 Å². The average Bonchev–Trinajstić information content (AvgIpc) is 2.99. The standard InChI is InChI=1S/C14H15N3/c1-2-6-15-12(3-1)13-16-7-8-17(13)11-9-14(10-11)4-5-14/h1-3,6-8,11H,4-5,9-10H2. The Bertz CT molecular complexity index is 532. The summed E-state index contributed by atoms with van der Waals surface area (Å²) in [6.45, 7) is 0. The lowest BCUT2D eigenvalue weighted by Crippen LogP contribution is -2.28. The Morgan fingerprint density at radius 1 is 1.12 bits per heavy atom. The topological polar surface area (TPSA) is 30.7 Å². The molecule has 2 aliphatic carbocycles. The molecule has 86 valence electrons. The van der Waals surface area contributed by atoms with Crippen molar-refractivity contribution >= 4 is 0 Å². The predicted octanol–water partition coefficient (Wildman–Crippen LogP) is 3.06. The van der Waals surface area contributed by atoms with E-state index in [9.17, 15) is 0 Å². The normalized spacial score (nSPS) is 21.4. The van der Waals surface area contributed by atoms with E-state index in [-0.39, 0.29) is 0 Å². The number of imidazole rings is 1. The minimum Gasteiger partial charge on any atom is -0.327 e. The van der Waals surface area contributed by atoms with Gasteiger partial charge in [-0.25, -0.2) is 4.98 Å². The zero-order valence-electron chi connectivity index (χ0n) is 9.71. The maximum atomic E-state index is 4.46. The highest BCUT2D eigenvalue weighted by atomic mass is 15.1. The maximum Gasteiger partial charge on any atom is 0.158 e. The molecular formula is C14H15N3. The van der Waals surface area contributed by atoms with Crippen LogP contribution in [-0.4, -0.2) is 14.5 Å². The van der Waals surface area contributed by atoms with Crippen molar-refractivity contribution in [2.75, 3.05) is 0 Å². The Hall–Kier alpha value is -1.64. The Kier molecular flexibility index (Phi) is 1.76. The van der Waals surface area contributed by atoms with Crippen molar-refractivity contribution in [3.05, 3.63) is 36.8 Å². The minimum absolute atomic E-state index is 0.650. The van der Waals surface area contributed by atoms with Crippen LogP contribution in [0.2, 0.25) is 0 Å². The van der Waals surface area contributed by atoms with Gasteiger partial charge in [0.2, 0.25) is 0 Å². The largest absolute Gasteiger partial charge is 0.327 e. The number of rotatable bonds is 2. The van der Waals surface area contributed by atoms with E-state index in [1.807, 2.05) is 30.6 Å². The van der Waals surface area contributed by atoms with Crippen LogP contribution in [0.5, 0.6) is 0 Å². The molecule has 0 unspecified atom stereocenters. The molecule has 17 heavy (non-hydrogen) atoms. The van der Waals surface area contributed by atoms with Crippen LogP contribution >= 0.6 is 0 Å². The molecule has 0 radical (unpaired) electrons. The van der Waals surface area contributed by atoms with Gasteiger partial charge in [-0.3, -0.25) is 4.98 Å². The highest BCUT2D eigenvalue weighted by Gasteiger charge is 2.53. The number of aromatic nitrogens is 3. The van der Waals surface area contributed by atoms with Crippen LogP contribution in [0.15, 0.2) is 36.8 Å². The monoisotopic (exact) mass is 225 g/mol. The first-order valence-corrected chi connectivity index (χ1v) is 6.31. The molecule has 2 fully saturated rings. The zero-order valence-corrected chi connectivity index (χ0v) is 9.71. The van der Waals surface area contributed by atoms with Crippen LogP contribution in [-0.2, 0) is 0 Å². The molecule has 0 amide bonds. The summed E-state index contributed by atoms with van der Waals surface area (Å²) < 4.78 is 2.31. The third-order valence-electron chi connectivity index (χ3n) is 4.25. The highest BCUT2D eigenvalue weighted by molar-refractivity contribution is 5.49. The van der Waals surface area contributed by atoms with Crippen LogP contribution in [0.3, 0.4) is 0 Å². The molecule has 0 saturated heterocycles. The third-order valence-corrected chi connectivity index (χ3v) is 4.25. The maximum absolute atomic E-state index is 4.46. The molecule has 0 bridgehead atoms. The quantitative estimate of drug-likeness (QED) is 0.786. The molecule has 0 aliphatic heterocycles. The van der Waals surface area contributed by atoms with Crippen molar-refractivity contribution in [2.45, 2.75) is 31.7 Å². The second-order valence-corrected chi connectivity index (χ2v) is 5.44. The fourth-order valence-electron chi connectivity index (χ4n) is 3.02. The minimum atomic E-state index is 0.650. The summed E-state index contributed by atoms with van der Waals surface area (Å²) in [5, 5.41) is 0. The fourth-order valence-corrected chi connectivity index (χ4v) is 3.02. The van der Waals surface area contributed by atoms with E-state index in [1.54, 1.807) is 0 Å². The van der Waals surface area contributed by atoms with E-state index < -0.39 is 0 Å². The van der Waals surface area contributed by atoms with Gasteiger partial charge in [-0.05, 0) is 43.2 Å². The fraction of sp³-hybridized carbons (Fsp3) is 0.429. The predicted molar refractivity (Wildman–Crippen MR) is 65.4 cm³/mol. The third kappa shape index (κ3) is 1.42. The molecule has 3 heteroatoms. The van der Waals surface area contributed by atoms with Crippen molar-refractivity contribution in [2.24, 2.45) is 5.41 Å². The number of nitrogens with zero attached hydrogens (tertiary/aromatic N) is 3. The van der Waals surface area contributed by atoms with Gasteiger partial charge in [-0.15, -0.1) is 0 Å². The molecule has 2 aromatic heterocycles. The van der Waals surface area contributed by atoms with Crippen LogP contribution in [0, 0.1) is 5.41 Å². The summed E-state index contributed by atoms with van der Waals surface area (Å²) in [5.74, 6) is 1.02. The number of hydrogen-bond acceptors (Lipinski definition) is 2. The lowest BCUT2D eigenvalue weighted by Gasteiger charge is -2.37. The lowest BCUT2D eigenvalue weighted by molar-refractivity contribution is 0.176. The molecule has 0 aromatic carbocycles. The van der Waals surface area contributed by atoms with Gasteiger partial charge in [0, 0.05) is 24.6 Å². The summed E-state index contributed by atoms with van der Waals surface area (Å²) in [6, 6.07) is 6.64. The van der Waals surface area contributed by atoms with Crippen molar-refractivity contribution in [3.8, 4) is 11.5 Å². The first-order valence-electron chi connectivity index (χ1n) is 6.31. The lowest BCUT2D eigenvalue weighted by atomic mass is 9.77. The summed E-state index contributed by atoms with van der Waals surface area (Å²) >= 11 is 0. The number of hydrogen-bond donors (Lipinski definition) is 0. The zero-order chi connectivity index (χ0) is 11.3. The Labute approximate surface area is 101 Å². The summed E-state index contributed by atoms with van der Waals surface area (Å²) in [5.41, 5.74) is 1.71. The molecule has 4 rings (SSSR count). The van der Waals surface area contributed by atoms with Crippen molar-refractivity contribution in [1.29, 1.82) is 0 Å². The first-order chi connectivity index (χ1) is 8.36. The van der Waals surface area contributed by atoms with Crippen LogP contribution in [0.25, 0.3) is 11.5 Å². The van der Waals surface area contributed by atoms with E-state index in [0.717, 1.165) is 16.9 Å². The molecule has 2 aliphatic rings. The molecular weight excluding hydrogens is 210 g/mol. The molecule has 1 spiro atoms. The van der Waals surface area contributed by atoms with Crippen molar-refractivity contribution in [1.82, 2.24) is 14.5 Å². The second kappa shape index (κ2) is 3.19. The van der Waals surface area contributed by atoms with Crippen LogP contribution < -0.4 is 0 Å². The summed E-state index contributed by atoms with van der Waals surface area (Å²) in [4.78, 5) is 8.85. The van der Waals surface area contributed by atoms with E-state index in [1.165, 1.54) is 25.7 Å². The van der Waals surface area contributed by atoms with Gasteiger partial charge in [-0.1, -0.05) is 6.07 Å². The van der Waals surface area contributed by atoms with E-state index in [4.69, 9.17) is 0 Å². The molecule has 2 heterocycles. The van der Waals surface area contributed by atoms with E-state index in [0.29, 0.717) is 6.04 Å². The molecule has 2 aromatic rings. The summed E-state index contributed by atoms with van der Waals surface area (Å²) in [7, 11) is 0. The molecule has 2 saturated carbocycles. The Morgan fingerprint density at radius 3 is 2.71 bits per heavy atom. The van der Waals surface area contributed by atoms with Crippen LogP contribution in [0.1, 0.15) is 31.7 Å². The van der Waals surface area contributed by atoms with Gasteiger partial charge >= 0.3 is 0 Å². The first kappa shape index (κ1) is 9.40. The van der Waals surface area contributed by atoms with Gasteiger partial charge in [0.15, 0.2) is 5.82 Å². The second-order valence-electron chi connectivity index (χ2n) is 5.44. The van der Waals surface area contributed by atoms with Gasteiger partial charge in [-0.2, -0.15) is 0 Å². The number of pyridine rings is 1. The highest BCUT2D eigenvalue weighted by Crippen LogP contribution is 2.65. The summed E-state index contributed by atoms with van der Waals surface area (Å²) in [6.07, 6.45) is 11.4. The smallest absolute Gasteiger partial charge is 0.158 e. The van der Waals surface area contributed by atoms with Crippen molar-refractivity contribution < 1.29 is 0 Å². The molecule has 0 atom stereocenters. The van der Waals surface area contributed by atoms with Gasteiger partial charge < -0.3 is 4.57 Å². The average molecular weight is 225 g/mol.